The van der Waals surface area contributed by atoms with Crippen LogP contribution in [-0.2, 0) is 27.1 Å². The van der Waals surface area contributed by atoms with Crippen LogP contribution in [0.4, 0.5) is 5.00 Å². The van der Waals surface area contributed by atoms with E-state index in [2.05, 4.69) is 11.1 Å². The van der Waals surface area contributed by atoms with Crippen LogP contribution in [0, 0.1) is 32.8 Å². The Bertz CT molecular complexity index is 1370. The number of nitriles is 2. The molecule has 10 nitrogen and oxygen atoms in total. The number of carbonyl (C=O) groups excluding carboxylic acids is 1. The Kier molecular flexibility index (Phi) is 7.05. The standard InChI is InChI=1S/C23H19N5O5S2/c1-2-32-23(29)20-16(11-34-22-13(9-24)8-12-4-3-5-15(12)27-22)33-21(26)14(10-25)19(20)17-6-7-18(35-17)28(30)31/h6-8,19H,2-5,11,26H2,1H3/t19-/m1/s1. The van der Waals surface area contributed by atoms with Crippen molar-refractivity contribution in [2.45, 2.75) is 37.1 Å². The number of hydrogen-bond donors (Lipinski definition) is 1. The third kappa shape index (κ3) is 4.71. The van der Waals surface area contributed by atoms with E-state index in [1.54, 1.807) is 6.92 Å². The highest BCUT2D eigenvalue weighted by Crippen LogP contribution is 2.44. The normalized spacial score (nSPS) is 16.8. The van der Waals surface area contributed by atoms with Crippen molar-refractivity contribution in [1.82, 2.24) is 4.98 Å². The number of rotatable bonds is 7. The molecular weight excluding hydrogens is 490 g/mol. The summed E-state index contributed by atoms with van der Waals surface area (Å²) in [6, 6.07) is 8.78. The van der Waals surface area contributed by atoms with Crippen LogP contribution in [0.5, 0.6) is 0 Å². The van der Waals surface area contributed by atoms with Crippen molar-refractivity contribution in [2.75, 3.05) is 12.4 Å². The van der Waals surface area contributed by atoms with Crippen molar-refractivity contribution in [3.63, 3.8) is 0 Å². The number of carbonyl (C=O) groups is 1. The summed E-state index contributed by atoms with van der Waals surface area (Å²) in [4.78, 5) is 28.8. The molecule has 35 heavy (non-hydrogen) atoms. The summed E-state index contributed by atoms with van der Waals surface area (Å²) in [5, 5.41) is 31.0. The van der Waals surface area contributed by atoms with Gasteiger partial charge in [0.2, 0.25) is 5.88 Å². The Morgan fingerprint density at radius 3 is 2.86 bits per heavy atom. The second-order valence-electron chi connectivity index (χ2n) is 7.62. The number of allylic oxidation sites excluding steroid dienone is 1. The third-order valence-corrected chi connectivity index (χ3v) is 7.64. The lowest BCUT2D eigenvalue weighted by molar-refractivity contribution is -0.380. The number of esters is 1. The molecule has 2 aromatic heterocycles. The van der Waals surface area contributed by atoms with E-state index < -0.39 is 16.8 Å². The molecule has 0 radical (unpaired) electrons. The highest BCUT2D eigenvalue weighted by atomic mass is 32.2. The molecule has 4 rings (SSSR count). The predicted molar refractivity (Wildman–Crippen MR) is 127 cm³/mol. The van der Waals surface area contributed by atoms with E-state index in [-0.39, 0.29) is 40.1 Å². The lowest BCUT2D eigenvalue weighted by atomic mass is 9.87. The molecule has 1 aliphatic carbocycles. The monoisotopic (exact) mass is 509 g/mol. The van der Waals surface area contributed by atoms with Gasteiger partial charge in [-0.15, -0.1) is 0 Å². The van der Waals surface area contributed by atoms with Crippen LogP contribution in [0.3, 0.4) is 0 Å². The molecule has 0 bridgehead atoms. The van der Waals surface area contributed by atoms with Gasteiger partial charge in [0.15, 0.2) is 0 Å². The zero-order chi connectivity index (χ0) is 25.1. The molecule has 0 unspecified atom stereocenters. The number of pyridine rings is 1. The van der Waals surface area contributed by atoms with Gasteiger partial charge in [-0.2, -0.15) is 10.5 Å². The molecule has 0 saturated heterocycles. The van der Waals surface area contributed by atoms with Crippen molar-refractivity contribution in [3.8, 4) is 12.1 Å². The number of fused-ring (bicyclic) bond motifs is 1. The van der Waals surface area contributed by atoms with Gasteiger partial charge in [0.05, 0.1) is 34.3 Å². The first-order valence-electron chi connectivity index (χ1n) is 10.6. The first kappa shape index (κ1) is 24.3. The Labute approximate surface area is 208 Å². The van der Waals surface area contributed by atoms with Crippen molar-refractivity contribution >= 4 is 34.1 Å². The summed E-state index contributed by atoms with van der Waals surface area (Å²) in [7, 11) is 0. The maximum absolute atomic E-state index is 13.0. The lowest BCUT2D eigenvalue weighted by Gasteiger charge is -2.27. The van der Waals surface area contributed by atoms with Gasteiger partial charge in [-0.1, -0.05) is 23.1 Å². The Morgan fingerprint density at radius 1 is 1.40 bits per heavy atom. The number of aryl methyl sites for hydroxylation is 2. The van der Waals surface area contributed by atoms with Gasteiger partial charge in [-0.25, -0.2) is 9.78 Å². The van der Waals surface area contributed by atoms with Gasteiger partial charge in [-0.3, -0.25) is 10.1 Å². The summed E-state index contributed by atoms with van der Waals surface area (Å²) in [6.07, 6.45) is 2.70. The Balaban J connectivity index is 1.76. The molecule has 0 amide bonds. The van der Waals surface area contributed by atoms with Gasteiger partial charge < -0.3 is 15.2 Å². The predicted octanol–water partition coefficient (Wildman–Crippen LogP) is 3.83. The summed E-state index contributed by atoms with van der Waals surface area (Å²) in [5.74, 6) is -1.66. The van der Waals surface area contributed by atoms with Crippen LogP contribution in [-0.4, -0.2) is 28.2 Å². The molecule has 2 aromatic rings. The van der Waals surface area contributed by atoms with E-state index in [1.807, 2.05) is 12.1 Å². The van der Waals surface area contributed by atoms with E-state index in [9.17, 15) is 25.4 Å². The molecule has 1 atom stereocenters. The van der Waals surface area contributed by atoms with Crippen molar-refractivity contribution in [2.24, 2.45) is 5.73 Å². The molecule has 0 aromatic carbocycles. The third-order valence-electron chi connectivity index (χ3n) is 5.55. The van der Waals surface area contributed by atoms with Crippen molar-refractivity contribution < 1.29 is 19.2 Å². The smallest absolute Gasteiger partial charge is 0.338 e. The quantitative estimate of drug-likeness (QED) is 0.251. The Morgan fingerprint density at radius 2 is 2.20 bits per heavy atom. The number of thioether (sulfide) groups is 1. The molecule has 2 N–H and O–H groups in total. The fourth-order valence-electron chi connectivity index (χ4n) is 4.01. The average Bonchev–Trinajstić information content (AvgIpc) is 3.51. The molecule has 1 aliphatic heterocycles. The minimum absolute atomic E-state index is 0.0353. The molecule has 2 aliphatic rings. The van der Waals surface area contributed by atoms with Gasteiger partial charge in [-0.05, 0) is 43.9 Å². The van der Waals surface area contributed by atoms with E-state index in [4.69, 9.17) is 15.2 Å². The van der Waals surface area contributed by atoms with E-state index in [1.165, 1.54) is 23.9 Å². The molecule has 178 valence electrons. The number of nitro groups is 1. The molecule has 3 heterocycles. The number of aromatic nitrogens is 1. The summed E-state index contributed by atoms with van der Waals surface area (Å²) in [6.45, 7) is 1.72. The van der Waals surface area contributed by atoms with Gasteiger partial charge in [0, 0.05) is 16.6 Å². The van der Waals surface area contributed by atoms with Gasteiger partial charge >= 0.3 is 11.0 Å². The number of thiophene rings is 1. The largest absolute Gasteiger partial charge is 0.463 e. The SMILES string of the molecule is CCOC(=O)C1=C(CSc2nc3c(cc2C#N)CCC3)OC(N)=C(C#N)[C@@H]1c1ccc([N+](=O)[O-])s1. The topological polar surface area (TPSA) is 165 Å². The molecule has 0 saturated carbocycles. The number of ether oxygens (including phenoxy) is 2. The lowest BCUT2D eigenvalue weighted by Crippen LogP contribution is -2.26. The fraction of sp³-hybridized carbons (Fsp3) is 0.304. The van der Waals surface area contributed by atoms with Crippen LogP contribution >= 0.6 is 23.1 Å². The first-order valence-corrected chi connectivity index (χ1v) is 12.5. The van der Waals surface area contributed by atoms with E-state index in [0.29, 0.717) is 15.5 Å². The number of nitrogens with two attached hydrogens (primary N) is 1. The summed E-state index contributed by atoms with van der Waals surface area (Å²) >= 11 is 2.06. The van der Waals surface area contributed by atoms with Crippen LogP contribution in [0.2, 0.25) is 0 Å². The number of hydrogen-bond acceptors (Lipinski definition) is 11. The Hall–Kier alpha value is -3.87. The minimum atomic E-state index is -0.981. The maximum Gasteiger partial charge on any atom is 0.338 e. The maximum atomic E-state index is 13.0. The minimum Gasteiger partial charge on any atom is -0.463 e. The average molecular weight is 510 g/mol. The molecule has 0 fully saturated rings. The van der Waals surface area contributed by atoms with Gasteiger partial charge in [0.1, 0.15) is 28.5 Å². The summed E-state index contributed by atoms with van der Waals surface area (Å²) in [5.41, 5.74) is 8.50. The zero-order valence-electron chi connectivity index (χ0n) is 18.6. The highest BCUT2D eigenvalue weighted by molar-refractivity contribution is 7.99. The molecular formula is C23H19N5O5S2. The van der Waals surface area contributed by atoms with Crippen LogP contribution in [0.15, 0.2) is 46.0 Å². The molecule has 0 spiro atoms. The number of nitrogens with zero attached hydrogens (tertiary/aromatic N) is 4. The zero-order valence-corrected chi connectivity index (χ0v) is 20.2. The van der Waals surface area contributed by atoms with Gasteiger partial charge in [0.25, 0.3) is 0 Å². The van der Waals surface area contributed by atoms with Crippen molar-refractivity contribution in [3.05, 3.63) is 72.8 Å². The van der Waals surface area contributed by atoms with E-state index in [0.717, 1.165) is 41.9 Å². The summed E-state index contributed by atoms with van der Waals surface area (Å²) < 4.78 is 11.0. The highest BCUT2D eigenvalue weighted by Gasteiger charge is 2.39. The van der Waals surface area contributed by atoms with E-state index >= 15 is 0 Å². The second-order valence-corrected chi connectivity index (χ2v) is 9.67. The van der Waals surface area contributed by atoms with Crippen LogP contribution < -0.4 is 5.73 Å². The van der Waals surface area contributed by atoms with Crippen LogP contribution in [0.25, 0.3) is 0 Å². The first-order chi connectivity index (χ1) is 16.9. The fourth-order valence-corrected chi connectivity index (χ4v) is 5.87. The van der Waals surface area contributed by atoms with Crippen molar-refractivity contribution in [1.29, 1.82) is 10.5 Å². The molecule has 12 heteroatoms. The van der Waals surface area contributed by atoms with Crippen LogP contribution in [0.1, 0.15) is 41.0 Å². The second kappa shape index (κ2) is 10.2.